The van der Waals surface area contributed by atoms with Gasteiger partial charge in [0.15, 0.2) is 0 Å². The van der Waals surface area contributed by atoms with Crippen molar-refractivity contribution in [1.82, 2.24) is 30.4 Å². The van der Waals surface area contributed by atoms with Gasteiger partial charge in [-0.15, -0.1) is 5.10 Å². The van der Waals surface area contributed by atoms with E-state index in [1.54, 1.807) is 4.90 Å². The lowest BCUT2D eigenvalue weighted by molar-refractivity contribution is -0.136. The average Bonchev–Trinajstić information content (AvgIpc) is 3.20. The molecule has 0 bridgehead atoms. The molecule has 1 aliphatic carbocycles. The highest BCUT2D eigenvalue weighted by Gasteiger charge is 2.29. The van der Waals surface area contributed by atoms with Crippen molar-refractivity contribution in [2.75, 3.05) is 19.6 Å². The van der Waals surface area contributed by atoms with E-state index in [0.29, 0.717) is 19.0 Å². The summed E-state index contributed by atoms with van der Waals surface area (Å²) in [5, 5.41) is 13.7. The molecule has 0 spiro atoms. The third-order valence-electron chi connectivity index (χ3n) is 4.10. The molecule has 2 fully saturated rings. The fourth-order valence-corrected chi connectivity index (χ4v) is 2.62. The number of nitrogens with one attached hydrogen (secondary N) is 1. The first-order chi connectivity index (χ1) is 10.2. The Balaban J connectivity index is 1.49. The largest absolute Gasteiger partial charge is 0.356 e. The van der Waals surface area contributed by atoms with Gasteiger partial charge in [0.1, 0.15) is 12.9 Å². The maximum Gasteiger partial charge on any atom is 0.244 e. The van der Waals surface area contributed by atoms with Crippen LogP contribution in [0.3, 0.4) is 0 Å². The fourth-order valence-electron chi connectivity index (χ4n) is 2.62. The number of hydrogen-bond donors (Lipinski definition) is 1. The Morgan fingerprint density at radius 2 is 2.14 bits per heavy atom. The third-order valence-corrected chi connectivity index (χ3v) is 4.10. The van der Waals surface area contributed by atoms with Crippen LogP contribution in [0.15, 0.2) is 6.33 Å². The molecule has 0 aromatic carbocycles. The molecule has 8 heteroatoms. The van der Waals surface area contributed by atoms with Crippen LogP contribution in [0.1, 0.15) is 25.7 Å². The Kier molecular flexibility index (Phi) is 4.12. The SMILES string of the molecule is O=C(NCC1CC1)[C@H]1CCCN(C(=O)Cn2cnnn2)C1. The minimum atomic E-state index is -0.0877. The van der Waals surface area contributed by atoms with Crippen molar-refractivity contribution in [2.24, 2.45) is 11.8 Å². The van der Waals surface area contributed by atoms with E-state index < -0.39 is 0 Å². The molecule has 3 rings (SSSR count). The summed E-state index contributed by atoms with van der Waals surface area (Å²) in [6.07, 6.45) is 5.58. The maximum absolute atomic E-state index is 12.2. The first-order valence-electron chi connectivity index (χ1n) is 7.48. The number of piperidine rings is 1. The van der Waals surface area contributed by atoms with Gasteiger partial charge < -0.3 is 10.2 Å². The van der Waals surface area contributed by atoms with Gasteiger partial charge in [-0.2, -0.15) is 0 Å². The summed E-state index contributed by atoms with van der Waals surface area (Å²) in [7, 11) is 0. The van der Waals surface area contributed by atoms with Gasteiger partial charge in [-0.1, -0.05) is 0 Å². The van der Waals surface area contributed by atoms with Crippen molar-refractivity contribution in [1.29, 1.82) is 0 Å². The quantitative estimate of drug-likeness (QED) is 0.785. The highest BCUT2D eigenvalue weighted by atomic mass is 16.2. The van der Waals surface area contributed by atoms with Crippen LogP contribution in [0.2, 0.25) is 0 Å². The van der Waals surface area contributed by atoms with E-state index in [1.807, 2.05) is 0 Å². The molecule has 0 unspecified atom stereocenters. The molecule has 1 aromatic rings. The van der Waals surface area contributed by atoms with Gasteiger partial charge in [0, 0.05) is 19.6 Å². The maximum atomic E-state index is 12.2. The van der Waals surface area contributed by atoms with Crippen molar-refractivity contribution in [3.8, 4) is 0 Å². The van der Waals surface area contributed by atoms with Gasteiger partial charge in [-0.05, 0) is 42.0 Å². The molecule has 1 N–H and O–H groups in total. The molecule has 0 radical (unpaired) electrons. The molecule has 2 aliphatic rings. The molecular formula is C13H20N6O2. The van der Waals surface area contributed by atoms with E-state index in [9.17, 15) is 9.59 Å². The summed E-state index contributed by atoms with van der Waals surface area (Å²) in [5.41, 5.74) is 0. The summed E-state index contributed by atoms with van der Waals surface area (Å²) in [4.78, 5) is 26.1. The molecule has 1 aliphatic heterocycles. The second-order valence-electron chi connectivity index (χ2n) is 5.87. The Morgan fingerprint density at radius 3 is 2.86 bits per heavy atom. The van der Waals surface area contributed by atoms with E-state index in [2.05, 4.69) is 20.8 Å². The molecule has 1 atom stereocenters. The third kappa shape index (κ3) is 3.77. The average molecular weight is 292 g/mol. The molecule has 2 amide bonds. The van der Waals surface area contributed by atoms with E-state index in [4.69, 9.17) is 0 Å². The summed E-state index contributed by atoms with van der Waals surface area (Å²) < 4.78 is 1.40. The highest BCUT2D eigenvalue weighted by Crippen LogP contribution is 2.27. The number of hydrogen-bond acceptors (Lipinski definition) is 5. The summed E-state index contributed by atoms with van der Waals surface area (Å²) in [6, 6.07) is 0. The number of rotatable bonds is 5. The molecule has 1 saturated carbocycles. The van der Waals surface area contributed by atoms with Crippen molar-refractivity contribution in [3.05, 3.63) is 6.33 Å². The van der Waals surface area contributed by atoms with Gasteiger partial charge in [0.25, 0.3) is 0 Å². The van der Waals surface area contributed by atoms with Gasteiger partial charge in [0.2, 0.25) is 11.8 Å². The fraction of sp³-hybridized carbons (Fsp3) is 0.769. The zero-order valence-electron chi connectivity index (χ0n) is 11.9. The van der Waals surface area contributed by atoms with Gasteiger partial charge in [-0.25, -0.2) is 4.68 Å². The minimum Gasteiger partial charge on any atom is -0.356 e. The van der Waals surface area contributed by atoms with Crippen molar-refractivity contribution < 1.29 is 9.59 Å². The Morgan fingerprint density at radius 1 is 1.29 bits per heavy atom. The van der Waals surface area contributed by atoms with Crippen LogP contribution in [-0.2, 0) is 16.1 Å². The molecule has 1 aromatic heterocycles. The second kappa shape index (κ2) is 6.19. The molecule has 21 heavy (non-hydrogen) atoms. The summed E-state index contributed by atoms with van der Waals surface area (Å²) >= 11 is 0. The van der Waals surface area contributed by atoms with Crippen LogP contribution in [0, 0.1) is 11.8 Å². The zero-order chi connectivity index (χ0) is 14.7. The van der Waals surface area contributed by atoms with E-state index in [-0.39, 0.29) is 24.3 Å². The number of amides is 2. The van der Waals surface area contributed by atoms with Crippen molar-refractivity contribution in [2.45, 2.75) is 32.2 Å². The zero-order valence-corrected chi connectivity index (χ0v) is 11.9. The molecule has 8 nitrogen and oxygen atoms in total. The molecule has 2 heterocycles. The minimum absolute atomic E-state index is 0.0398. The summed E-state index contributed by atoms with van der Waals surface area (Å²) in [5.74, 6) is 0.634. The standard InChI is InChI=1S/C13H20N6O2/c20-12(8-19-9-15-16-17-19)18-5-1-2-11(7-18)13(21)14-6-10-3-4-10/h9-11H,1-8H2,(H,14,21)/t11-/m0/s1. The first kappa shape index (κ1) is 14.0. The number of carbonyl (C=O) groups is 2. The smallest absolute Gasteiger partial charge is 0.244 e. The van der Waals surface area contributed by atoms with Crippen LogP contribution >= 0.6 is 0 Å². The number of likely N-dealkylation sites (tertiary alicyclic amines) is 1. The van der Waals surface area contributed by atoms with Crippen molar-refractivity contribution >= 4 is 11.8 Å². The van der Waals surface area contributed by atoms with Gasteiger partial charge >= 0.3 is 0 Å². The second-order valence-corrected chi connectivity index (χ2v) is 5.87. The predicted octanol–water partition coefficient (Wildman–Crippen LogP) is -0.562. The Labute approximate surface area is 122 Å². The predicted molar refractivity (Wildman–Crippen MR) is 72.9 cm³/mol. The number of carbonyl (C=O) groups excluding carboxylic acids is 2. The molecule has 1 saturated heterocycles. The van der Waals surface area contributed by atoms with Crippen LogP contribution in [0.5, 0.6) is 0 Å². The highest BCUT2D eigenvalue weighted by molar-refractivity contribution is 5.81. The van der Waals surface area contributed by atoms with Crippen LogP contribution in [0.4, 0.5) is 0 Å². The lowest BCUT2D eigenvalue weighted by Crippen LogP contribution is -2.46. The van der Waals surface area contributed by atoms with E-state index >= 15 is 0 Å². The monoisotopic (exact) mass is 292 g/mol. The van der Waals surface area contributed by atoms with Crippen LogP contribution in [-0.4, -0.2) is 56.6 Å². The normalized spacial score (nSPS) is 22.1. The van der Waals surface area contributed by atoms with Crippen molar-refractivity contribution in [3.63, 3.8) is 0 Å². The topological polar surface area (TPSA) is 93.0 Å². The first-order valence-corrected chi connectivity index (χ1v) is 7.48. The molecule has 114 valence electrons. The number of nitrogens with zero attached hydrogens (tertiary/aromatic N) is 5. The molecular weight excluding hydrogens is 272 g/mol. The van der Waals surface area contributed by atoms with E-state index in [1.165, 1.54) is 23.9 Å². The van der Waals surface area contributed by atoms with Gasteiger partial charge in [-0.3, -0.25) is 9.59 Å². The lowest BCUT2D eigenvalue weighted by Gasteiger charge is -2.32. The summed E-state index contributed by atoms with van der Waals surface area (Å²) in [6.45, 7) is 2.11. The Bertz CT molecular complexity index is 499. The lowest BCUT2D eigenvalue weighted by atomic mass is 9.97. The van der Waals surface area contributed by atoms with Crippen LogP contribution < -0.4 is 5.32 Å². The van der Waals surface area contributed by atoms with E-state index in [0.717, 1.165) is 19.4 Å². The number of aromatic nitrogens is 4. The van der Waals surface area contributed by atoms with Gasteiger partial charge in [0.05, 0.1) is 5.92 Å². The Hall–Kier alpha value is -1.99. The number of tetrazole rings is 1. The van der Waals surface area contributed by atoms with Crippen LogP contribution in [0.25, 0.3) is 0 Å².